The number of hydrogen-bond acceptors (Lipinski definition) is 5. The molecule has 0 spiro atoms. The van der Waals surface area contributed by atoms with Gasteiger partial charge in [-0.25, -0.2) is 4.98 Å². The van der Waals surface area contributed by atoms with E-state index in [9.17, 15) is 0 Å². The van der Waals surface area contributed by atoms with Gasteiger partial charge in [-0.05, 0) is 18.9 Å². The van der Waals surface area contributed by atoms with Gasteiger partial charge in [0, 0.05) is 30.7 Å². The molecular weight excluding hydrogens is 246 g/mol. The van der Waals surface area contributed by atoms with Crippen LogP contribution >= 0.6 is 11.3 Å². The second kappa shape index (κ2) is 5.49. The Balaban J connectivity index is 2.41. The lowest BCUT2D eigenvalue weighted by atomic mass is 10.0. The van der Waals surface area contributed by atoms with E-state index in [4.69, 9.17) is 5.73 Å². The predicted molar refractivity (Wildman–Crippen MR) is 75.9 cm³/mol. The van der Waals surface area contributed by atoms with Gasteiger partial charge in [0.2, 0.25) is 0 Å². The number of hydrogen-bond donors (Lipinski definition) is 2. The third kappa shape index (κ3) is 2.54. The zero-order valence-electron chi connectivity index (χ0n) is 11.0. The summed E-state index contributed by atoms with van der Waals surface area (Å²) in [4.78, 5) is 5.90. The number of rotatable bonds is 5. The number of aromatic nitrogens is 3. The van der Waals surface area contributed by atoms with E-state index in [0.717, 1.165) is 22.8 Å². The Morgan fingerprint density at radius 1 is 1.56 bits per heavy atom. The SMILES string of the molecule is CNc1nc(-c2cnn(C)c2)c(C(C)CCN)s1. The van der Waals surface area contributed by atoms with E-state index >= 15 is 0 Å². The molecule has 3 N–H and O–H groups in total. The smallest absolute Gasteiger partial charge is 0.183 e. The number of nitrogens with one attached hydrogen (secondary N) is 1. The largest absolute Gasteiger partial charge is 0.365 e. The summed E-state index contributed by atoms with van der Waals surface area (Å²) in [7, 11) is 3.81. The zero-order chi connectivity index (χ0) is 13.1. The Morgan fingerprint density at radius 2 is 2.33 bits per heavy atom. The highest BCUT2D eigenvalue weighted by molar-refractivity contribution is 7.16. The van der Waals surface area contributed by atoms with Gasteiger partial charge in [-0.1, -0.05) is 6.92 Å². The summed E-state index contributed by atoms with van der Waals surface area (Å²) < 4.78 is 1.80. The molecule has 0 aromatic carbocycles. The Kier molecular flexibility index (Phi) is 3.98. The first-order valence-corrected chi connectivity index (χ1v) is 6.85. The average molecular weight is 265 g/mol. The molecule has 0 aliphatic rings. The minimum Gasteiger partial charge on any atom is -0.365 e. The molecule has 0 saturated heterocycles. The van der Waals surface area contributed by atoms with Crippen LogP contribution in [0.2, 0.25) is 0 Å². The van der Waals surface area contributed by atoms with Crippen LogP contribution in [0.15, 0.2) is 12.4 Å². The molecule has 2 rings (SSSR count). The maximum absolute atomic E-state index is 5.65. The van der Waals surface area contributed by atoms with Crippen molar-refractivity contribution >= 4 is 16.5 Å². The van der Waals surface area contributed by atoms with Gasteiger partial charge in [-0.15, -0.1) is 11.3 Å². The highest BCUT2D eigenvalue weighted by atomic mass is 32.1. The van der Waals surface area contributed by atoms with E-state index in [1.54, 1.807) is 16.0 Å². The van der Waals surface area contributed by atoms with E-state index in [1.807, 2.05) is 26.5 Å². The fourth-order valence-corrected chi connectivity index (χ4v) is 2.93. The van der Waals surface area contributed by atoms with Crippen molar-refractivity contribution in [1.29, 1.82) is 0 Å². The molecule has 0 amide bonds. The lowest BCUT2D eigenvalue weighted by Gasteiger charge is -2.08. The Hall–Kier alpha value is -1.40. The van der Waals surface area contributed by atoms with E-state index in [0.29, 0.717) is 12.5 Å². The van der Waals surface area contributed by atoms with E-state index in [-0.39, 0.29) is 0 Å². The highest BCUT2D eigenvalue weighted by Gasteiger charge is 2.18. The van der Waals surface area contributed by atoms with Gasteiger partial charge in [-0.3, -0.25) is 4.68 Å². The molecule has 0 aliphatic carbocycles. The first kappa shape index (κ1) is 13.0. The second-order valence-corrected chi connectivity index (χ2v) is 5.39. The first-order chi connectivity index (χ1) is 8.65. The van der Waals surface area contributed by atoms with Crippen molar-refractivity contribution in [3.63, 3.8) is 0 Å². The van der Waals surface area contributed by atoms with Crippen LogP contribution in [0, 0.1) is 0 Å². The van der Waals surface area contributed by atoms with Gasteiger partial charge in [-0.2, -0.15) is 5.10 Å². The van der Waals surface area contributed by atoms with Crippen molar-refractivity contribution in [2.24, 2.45) is 12.8 Å². The summed E-state index contributed by atoms with van der Waals surface area (Å²) in [6.45, 7) is 2.89. The third-order valence-corrected chi connectivity index (χ3v) is 4.20. The number of thiazole rings is 1. The predicted octanol–water partition coefficient (Wildman–Crippen LogP) is 2.04. The minimum absolute atomic E-state index is 0.421. The number of anilines is 1. The second-order valence-electron chi connectivity index (χ2n) is 4.36. The summed E-state index contributed by atoms with van der Waals surface area (Å²) in [5.74, 6) is 0.421. The molecule has 0 aliphatic heterocycles. The molecule has 0 bridgehead atoms. The molecule has 2 aromatic rings. The molecule has 0 radical (unpaired) electrons. The van der Waals surface area contributed by atoms with Crippen molar-refractivity contribution in [2.45, 2.75) is 19.3 Å². The standard InChI is InChI=1S/C12H19N5S/c1-8(4-5-13)11-10(16-12(14-2)18-11)9-6-15-17(3)7-9/h6-8H,4-5,13H2,1-3H3,(H,14,16). The van der Waals surface area contributed by atoms with E-state index in [2.05, 4.69) is 22.3 Å². The van der Waals surface area contributed by atoms with Crippen molar-refractivity contribution in [1.82, 2.24) is 14.8 Å². The fraction of sp³-hybridized carbons (Fsp3) is 0.500. The fourth-order valence-electron chi connectivity index (χ4n) is 1.90. The molecule has 1 atom stereocenters. The highest BCUT2D eigenvalue weighted by Crippen LogP contribution is 2.37. The summed E-state index contributed by atoms with van der Waals surface area (Å²) in [5, 5.41) is 8.26. The van der Waals surface area contributed by atoms with E-state index in [1.165, 1.54) is 4.88 Å². The van der Waals surface area contributed by atoms with Crippen LogP contribution in [0.4, 0.5) is 5.13 Å². The van der Waals surface area contributed by atoms with Gasteiger partial charge in [0.25, 0.3) is 0 Å². The Morgan fingerprint density at radius 3 is 2.89 bits per heavy atom. The van der Waals surface area contributed by atoms with Crippen molar-refractivity contribution in [2.75, 3.05) is 18.9 Å². The maximum atomic E-state index is 5.65. The first-order valence-electron chi connectivity index (χ1n) is 6.03. The summed E-state index contributed by atoms with van der Waals surface area (Å²) in [6.07, 6.45) is 4.82. The molecular formula is C12H19N5S. The third-order valence-electron chi connectivity index (χ3n) is 2.89. The van der Waals surface area contributed by atoms with E-state index < -0.39 is 0 Å². The van der Waals surface area contributed by atoms with Crippen molar-refractivity contribution < 1.29 is 0 Å². The van der Waals surface area contributed by atoms with Crippen molar-refractivity contribution in [3.8, 4) is 11.3 Å². The van der Waals surface area contributed by atoms with Crippen LogP contribution in [0.1, 0.15) is 24.1 Å². The maximum Gasteiger partial charge on any atom is 0.183 e. The molecule has 5 nitrogen and oxygen atoms in total. The quantitative estimate of drug-likeness (QED) is 0.868. The number of nitrogens with zero attached hydrogens (tertiary/aromatic N) is 3. The van der Waals surface area contributed by atoms with Gasteiger partial charge in [0.15, 0.2) is 5.13 Å². The van der Waals surface area contributed by atoms with Crippen LogP contribution < -0.4 is 11.1 Å². The molecule has 6 heteroatoms. The zero-order valence-corrected chi connectivity index (χ0v) is 11.8. The molecule has 98 valence electrons. The van der Waals surface area contributed by atoms with Crippen LogP contribution in [-0.4, -0.2) is 28.4 Å². The number of aryl methyl sites for hydroxylation is 1. The Bertz CT molecular complexity index is 516. The normalized spacial score (nSPS) is 12.7. The molecule has 2 aromatic heterocycles. The van der Waals surface area contributed by atoms with Crippen LogP contribution in [0.3, 0.4) is 0 Å². The van der Waals surface area contributed by atoms with Gasteiger partial charge in [0.1, 0.15) is 0 Å². The van der Waals surface area contributed by atoms with Crippen LogP contribution in [-0.2, 0) is 7.05 Å². The molecule has 2 heterocycles. The van der Waals surface area contributed by atoms with Crippen molar-refractivity contribution in [3.05, 3.63) is 17.3 Å². The van der Waals surface area contributed by atoms with Crippen LogP contribution in [0.5, 0.6) is 0 Å². The van der Waals surface area contributed by atoms with Gasteiger partial charge in [0.05, 0.1) is 11.9 Å². The van der Waals surface area contributed by atoms with Gasteiger partial charge < -0.3 is 11.1 Å². The lowest BCUT2D eigenvalue weighted by molar-refractivity contribution is 0.701. The Labute approximate surface area is 111 Å². The molecule has 0 saturated carbocycles. The molecule has 18 heavy (non-hydrogen) atoms. The molecule has 0 fully saturated rings. The average Bonchev–Trinajstić information content (AvgIpc) is 2.94. The molecule has 1 unspecified atom stereocenters. The minimum atomic E-state index is 0.421. The summed E-state index contributed by atoms with van der Waals surface area (Å²) >= 11 is 1.70. The number of nitrogens with two attached hydrogens (primary N) is 1. The topological polar surface area (TPSA) is 68.8 Å². The summed E-state index contributed by atoms with van der Waals surface area (Å²) in [5.41, 5.74) is 7.74. The lowest BCUT2D eigenvalue weighted by Crippen LogP contribution is -2.04. The monoisotopic (exact) mass is 265 g/mol. The van der Waals surface area contributed by atoms with Gasteiger partial charge >= 0.3 is 0 Å². The van der Waals surface area contributed by atoms with Crippen LogP contribution in [0.25, 0.3) is 11.3 Å². The summed E-state index contributed by atoms with van der Waals surface area (Å²) in [6, 6.07) is 0.